The predicted octanol–water partition coefficient (Wildman–Crippen LogP) is 3.14. The molecule has 0 saturated heterocycles. The van der Waals surface area contributed by atoms with Gasteiger partial charge in [-0.2, -0.15) is 0 Å². The van der Waals surface area contributed by atoms with Crippen molar-refractivity contribution in [3.8, 4) is 0 Å². The van der Waals surface area contributed by atoms with Gasteiger partial charge in [-0.25, -0.2) is 9.97 Å². The highest BCUT2D eigenvalue weighted by Crippen LogP contribution is 2.27. The van der Waals surface area contributed by atoms with E-state index in [-0.39, 0.29) is 0 Å². The minimum atomic E-state index is 0.762. The molecule has 5 nitrogen and oxygen atoms in total. The van der Waals surface area contributed by atoms with Crippen LogP contribution in [-0.2, 0) is 0 Å². The number of aromatic amines is 2. The molecule has 0 amide bonds. The van der Waals surface area contributed by atoms with Gasteiger partial charge in [0, 0.05) is 17.1 Å². The molecule has 0 unspecified atom stereocenters. The van der Waals surface area contributed by atoms with Gasteiger partial charge in [-0.05, 0) is 18.2 Å². The number of fused-ring (bicyclic) bond motifs is 6. The summed E-state index contributed by atoms with van der Waals surface area (Å²) in [6, 6.07) is 12.0. The summed E-state index contributed by atoms with van der Waals surface area (Å²) >= 11 is 0. The van der Waals surface area contributed by atoms with Gasteiger partial charge in [-0.3, -0.25) is 4.98 Å². The molecule has 0 spiro atoms. The molecule has 4 heterocycles. The number of benzene rings is 1. The van der Waals surface area contributed by atoms with Crippen molar-refractivity contribution in [2.45, 2.75) is 0 Å². The zero-order valence-electron chi connectivity index (χ0n) is 10.4. The van der Waals surface area contributed by atoms with Crippen LogP contribution in [0.3, 0.4) is 0 Å². The maximum atomic E-state index is 4.77. The molecule has 2 N–H and O–H groups in total. The first-order valence-corrected chi connectivity index (χ1v) is 6.41. The van der Waals surface area contributed by atoms with Crippen LogP contribution in [-0.4, -0.2) is 24.9 Å². The van der Waals surface area contributed by atoms with E-state index in [1.165, 1.54) is 0 Å². The van der Waals surface area contributed by atoms with Crippen molar-refractivity contribution in [2.75, 3.05) is 0 Å². The molecule has 0 atom stereocenters. The number of hydrogen-bond acceptors (Lipinski definition) is 3. The van der Waals surface area contributed by atoms with Crippen LogP contribution in [0.1, 0.15) is 0 Å². The molecule has 0 saturated carbocycles. The first-order valence-electron chi connectivity index (χ1n) is 6.41. The van der Waals surface area contributed by atoms with E-state index >= 15 is 0 Å². The summed E-state index contributed by atoms with van der Waals surface area (Å²) in [6.45, 7) is 0. The largest absolute Gasteiger partial charge is 0.338 e. The highest BCUT2D eigenvalue weighted by molar-refractivity contribution is 6.09. The highest BCUT2D eigenvalue weighted by atomic mass is 15.0. The molecule has 0 aliphatic heterocycles. The second-order valence-electron chi connectivity index (χ2n) is 4.81. The lowest BCUT2D eigenvalue weighted by atomic mass is 10.2. The summed E-state index contributed by atoms with van der Waals surface area (Å²) in [7, 11) is 0. The van der Waals surface area contributed by atoms with E-state index in [0.717, 1.165) is 44.3 Å². The SMILES string of the molecule is c1ccc2c(c1)[nH]c1nc3[nH]c4cccnc4c3nc12. The molecule has 20 heavy (non-hydrogen) atoms. The maximum absolute atomic E-state index is 4.77. The molecule has 0 aliphatic carbocycles. The first-order chi connectivity index (χ1) is 9.90. The fourth-order valence-electron chi connectivity index (χ4n) is 2.71. The topological polar surface area (TPSA) is 70.2 Å². The van der Waals surface area contributed by atoms with Gasteiger partial charge < -0.3 is 9.97 Å². The summed E-state index contributed by atoms with van der Waals surface area (Å²) in [5, 5.41) is 1.09. The van der Waals surface area contributed by atoms with E-state index in [2.05, 4.69) is 26.0 Å². The summed E-state index contributed by atoms with van der Waals surface area (Å²) in [5.74, 6) is 0. The minimum absolute atomic E-state index is 0.762. The Kier molecular flexibility index (Phi) is 1.65. The van der Waals surface area contributed by atoms with Crippen LogP contribution in [0.5, 0.6) is 0 Å². The van der Waals surface area contributed by atoms with E-state index in [9.17, 15) is 0 Å². The first kappa shape index (κ1) is 9.91. The summed E-state index contributed by atoms with van der Waals surface area (Å²) in [5.41, 5.74) is 6.13. The highest BCUT2D eigenvalue weighted by Gasteiger charge is 2.12. The molecule has 4 aromatic heterocycles. The number of nitrogens with zero attached hydrogens (tertiary/aromatic N) is 3. The lowest BCUT2D eigenvalue weighted by Crippen LogP contribution is -1.83. The van der Waals surface area contributed by atoms with Crippen LogP contribution in [0.25, 0.3) is 44.3 Å². The quantitative estimate of drug-likeness (QED) is 0.449. The molecule has 0 radical (unpaired) electrons. The lowest BCUT2D eigenvalue weighted by Gasteiger charge is -1.91. The molecule has 5 rings (SSSR count). The van der Waals surface area contributed by atoms with Crippen LogP contribution < -0.4 is 0 Å². The Bertz CT molecular complexity index is 1020. The van der Waals surface area contributed by atoms with Gasteiger partial charge in [-0.15, -0.1) is 0 Å². The third-order valence-electron chi connectivity index (χ3n) is 3.62. The Hall–Kier alpha value is -2.95. The standard InChI is InChI=1S/C15H9N5/c1-2-5-9-8(4-1)11-14(17-9)20-15-13(19-11)12-10(18-15)6-3-7-16-12/h1-7H,(H2,17,18,20). The van der Waals surface area contributed by atoms with Crippen LogP contribution >= 0.6 is 0 Å². The third kappa shape index (κ3) is 1.14. The van der Waals surface area contributed by atoms with E-state index < -0.39 is 0 Å². The Morgan fingerprint density at radius 3 is 2.50 bits per heavy atom. The van der Waals surface area contributed by atoms with Crippen molar-refractivity contribution in [3.05, 3.63) is 42.6 Å². The number of nitrogens with one attached hydrogen (secondary N) is 2. The van der Waals surface area contributed by atoms with Crippen molar-refractivity contribution in [1.82, 2.24) is 24.9 Å². The second kappa shape index (κ2) is 3.33. The van der Waals surface area contributed by atoms with Crippen LogP contribution in [0.15, 0.2) is 42.6 Å². The predicted molar refractivity (Wildman–Crippen MR) is 78.6 cm³/mol. The molecule has 0 bridgehead atoms. The van der Waals surface area contributed by atoms with Crippen molar-refractivity contribution in [3.63, 3.8) is 0 Å². The minimum Gasteiger partial charge on any atom is -0.338 e. The average molecular weight is 259 g/mol. The maximum Gasteiger partial charge on any atom is 0.161 e. The Labute approximate surface area is 112 Å². The number of hydrogen-bond donors (Lipinski definition) is 2. The van der Waals surface area contributed by atoms with Gasteiger partial charge in [0.2, 0.25) is 0 Å². The zero-order valence-corrected chi connectivity index (χ0v) is 10.4. The van der Waals surface area contributed by atoms with Gasteiger partial charge in [0.05, 0.1) is 5.52 Å². The van der Waals surface area contributed by atoms with Crippen molar-refractivity contribution < 1.29 is 0 Å². The summed E-state index contributed by atoms with van der Waals surface area (Å²) < 4.78 is 0. The van der Waals surface area contributed by atoms with Gasteiger partial charge >= 0.3 is 0 Å². The molecular weight excluding hydrogens is 250 g/mol. The van der Waals surface area contributed by atoms with Gasteiger partial charge in [-0.1, -0.05) is 18.2 Å². The summed E-state index contributed by atoms with van der Waals surface area (Å²) in [6.07, 6.45) is 1.77. The van der Waals surface area contributed by atoms with Crippen LogP contribution in [0.2, 0.25) is 0 Å². The smallest absolute Gasteiger partial charge is 0.161 e. The molecule has 0 fully saturated rings. The number of rotatable bonds is 0. The number of pyridine rings is 1. The normalized spacial score (nSPS) is 12.0. The molecule has 94 valence electrons. The van der Waals surface area contributed by atoms with Crippen molar-refractivity contribution in [2.24, 2.45) is 0 Å². The average Bonchev–Trinajstić information content (AvgIpc) is 3.02. The summed E-state index contributed by atoms with van der Waals surface area (Å²) in [4.78, 5) is 20.4. The van der Waals surface area contributed by atoms with Crippen molar-refractivity contribution >= 4 is 44.3 Å². The molecule has 1 aromatic carbocycles. The molecule has 5 aromatic rings. The fraction of sp³-hybridized carbons (Fsp3) is 0. The van der Waals surface area contributed by atoms with Crippen LogP contribution in [0.4, 0.5) is 0 Å². The number of H-pyrrole nitrogens is 2. The third-order valence-corrected chi connectivity index (χ3v) is 3.62. The lowest BCUT2D eigenvalue weighted by molar-refractivity contribution is 1.32. The fourth-order valence-corrected chi connectivity index (χ4v) is 2.71. The molecule has 0 aliphatic rings. The van der Waals surface area contributed by atoms with E-state index in [0.29, 0.717) is 0 Å². The number of aromatic nitrogens is 5. The molecule has 5 heteroatoms. The Balaban J connectivity index is 2.06. The van der Waals surface area contributed by atoms with Gasteiger partial charge in [0.25, 0.3) is 0 Å². The van der Waals surface area contributed by atoms with Gasteiger partial charge in [0.15, 0.2) is 11.3 Å². The van der Waals surface area contributed by atoms with E-state index in [1.807, 2.05) is 30.3 Å². The van der Waals surface area contributed by atoms with Gasteiger partial charge in [0.1, 0.15) is 16.6 Å². The van der Waals surface area contributed by atoms with Crippen LogP contribution in [0, 0.1) is 0 Å². The van der Waals surface area contributed by atoms with E-state index in [4.69, 9.17) is 4.98 Å². The Morgan fingerprint density at radius 2 is 1.50 bits per heavy atom. The molecular formula is C15H9N5. The number of para-hydroxylation sites is 1. The second-order valence-corrected chi connectivity index (χ2v) is 4.81. The van der Waals surface area contributed by atoms with E-state index in [1.54, 1.807) is 6.20 Å². The zero-order chi connectivity index (χ0) is 13.1. The Morgan fingerprint density at radius 1 is 0.700 bits per heavy atom. The monoisotopic (exact) mass is 259 g/mol. The van der Waals surface area contributed by atoms with Crippen molar-refractivity contribution in [1.29, 1.82) is 0 Å².